The summed E-state index contributed by atoms with van der Waals surface area (Å²) in [4.78, 5) is 2.40. The standard InChI is InChI=1S/C6H12N2.ClH/c1-8-3-5-2-6(4-8)7-5;/h5-7H,2-4H2,1H3;1H. The lowest BCUT2D eigenvalue weighted by molar-refractivity contribution is 0.0984. The molecule has 0 aromatic rings. The first-order valence-corrected chi connectivity index (χ1v) is 3.29. The van der Waals surface area contributed by atoms with Gasteiger partial charge in [-0.15, -0.1) is 12.4 Å². The van der Waals surface area contributed by atoms with Crippen LogP contribution in [0.3, 0.4) is 0 Å². The minimum atomic E-state index is 0. The Balaban J connectivity index is 0.000000405. The van der Waals surface area contributed by atoms with Gasteiger partial charge in [-0.05, 0) is 13.5 Å². The second-order valence-corrected chi connectivity index (χ2v) is 3.02. The Morgan fingerprint density at radius 2 is 1.78 bits per heavy atom. The molecule has 2 atom stereocenters. The highest BCUT2D eigenvalue weighted by Crippen LogP contribution is 2.18. The van der Waals surface area contributed by atoms with Gasteiger partial charge in [-0.1, -0.05) is 0 Å². The first kappa shape index (κ1) is 7.32. The second kappa shape index (κ2) is 2.45. The Morgan fingerprint density at radius 1 is 1.33 bits per heavy atom. The van der Waals surface area contributed by atoms with E-state index in [9.17, 15) is 0 Å². The maximum absolute atomic E-state index is 3.47. The summed E-state index contributed by atoms with van der Waals surface area (Å²) in [7, 11) is 2.19. The molecule has 2 nitrogen and oxygen atoms in total. The Labute approximate surface area is 62.0 Å². The van der Waals surface area contributed by atoms with E-state index in [1.807, 2.05) is 0 Å². The molecule has 0 aromatic heterocycles. The van der Waals surface area contributed by atoms with Crippen LogP contribution in [0.1, 0.15) is 6.42 Å². The van der Waals surface area contributed by atoms with Crippen LogP contribution < -0.4 is 5.32 Å². The number of rotatable bonds is 0. The van der Waals surface area contributed by atoms with Crippen molar-refractivity contribution in [2.24, 2.45) is 0 Å². The number of piperazine rings is 1. The van der Waals surface area contributed by atoms with Crippen molar-refractivity contribution >= 4 is 12.4 Å². The molecule has 0 aromatic carbocycles. The zero-order valence-corrected chi connectivity index (χ0v) is 6.45. The number of fused-ring (bicyclic) bond motifs is 2. The molecule has 9 heavy (non-hydrogen) atoms. The van der Waals surface area contributed by atoms with Crippen LogP contribution in [0.2, 0.25) is 0 Å². The van der Waals surface area contributed by atoms with Crippen molar-refractivity contribution in [2.45, 2.75) is 18.5 Å². The van der Waals surface area contributed by atoms with Gasteiger partial charge in [0.2, 0.25) is 0 Å². The van der Waals surface area contributed by atoms with Gasteiger partial charge in [0.15, 0.2) is 0 Å². The number of likely N-dealkylation sites (N-methyl/N-ethyl adjacent to an activating group) is 1. The molecule has 3 heterocycles. The van der Waals surface area contributed by atoms with E-state index in [1.54, 1.807) is 0 Å². The molecule has 0 spiro atoms. The lowest BCUT2D eigenvalue weighted by Gasteiger charge is -2.47. The first-order valence-electron chi connectivity index (χ1n) is 3.29. The van der Waals surface area contributed by atoms with Crippen molar-refractivity contribution < 1.29 is 0 Å². The van der Waals surface area contributed by atoms with E-state index in [-0.39, 0.29) is 12.4 Å². The highest BCUT2D eigenvalue weighted by atomic mass is 35.5. The number of piperidine rings is 1. The summed E-state index contributed by atoms with van der Waals surface area (Å²) in [5.74, 6) is 0. The van der Waals surface area contributed by atoms with Crippen LogP contribution in [-0.2, 0) is 0 Å². The molecular weight excluding hydrogens is 136 g/mol. The Bertz CT molecular complexity index is 91.2. The van der Waals surface area contributed by atoms with E-state index in [1.165, 1.54) is 19.5 Å². The molecular formula is C6H13ClN2. The Kier molecular flexibility index (Phi) is 1.99. The fourth-order valence-corrected chi connectivity index (χ4v) is 1.73. The zero-order chi connectivity index (χ0) is 5.56. The van der Waals surface area contributed by atoms with E-state index < -0.39 is 0 Å². The molecule has 2 unspecified atom stereocenters. The van der Waals surface area contributed by atoms with Crippen molar-refractivity contribution in [1.82, 2.24) is 10.2 Å². The lowest BCUT2D eigenvalue weighted by Crippen LogP contribution is -2.65. The maximum Gasteiger partial charge on any atom is 0.0213 e. The van der Waals surface area contributed by atoms with Crippen LogP contribution in [0.5, 0.6) is 0 Å². The minimum absolute atomic E-state index is 0. The molecule has 0 amide bonds. The van der Waals surface area contributed by atoms with Gasteiger partial charge < -0.3 is 10.2 Å². The van der Waals surface area contributed by atoms with Crippen molar-refractivity contribution in [2.75, 3.05) is 20.1 Å². The average Bonchev–Trinajstić information content (AvgIpc) is 1.62. The normalized spacial score (nSPS) is 41.0. The third-order valence-corrected chi connectivity index (χ3v) is 2.10. The Hall–Kier alpha value is 0.210. The van der Waals surface area contributed by atoms with Crippen molar-refractivity contribution in [1.29, 1.82) is 0 Å². The molecule has 3 aliphatic rings. The smallest absolute Gasteiger partial charge is 0.0213 e. The van der Waals surface area contributed by atoms with E-state index >= 15 is 0 Å². The largest absolute Gasteiger partial charge is 0.309 e. The molecule has 2 bridgehead atoms. The molecule has 3 heteroatoms. The van der Waals surface area contributed by atoms with Crippen molar-refractivity contribution in [3.8, 4) is 0 Å². The predicted octanol–water partition coefficient (Wildman–Crippen LogP) is 0.0841. The topological polar surface area (TPSA) is 15.3 Å². The third kappa shape index (κ3) is 1.20. The number of hydrogen-bond donors (Lipinski definition) is 1. The molecule has 3 rings (SSSR count). The summed E-state index contributed by atoms with van der Waals surface area (Å²) in [5, 5.41) is 3.47. The Morgan fingerprint density at radius 3 is 2.00 bits per heavy atom. The molecule has 54 valence electrons. The summed E-state index contributed by atoms with van der Waals surface area (Å²) in [6.07, 6.45) is 1.42. The van der Waals surface area contributed by atoms with Crippen molar-refractivity contribution in [3.63, 3.8) is 0 Å². The summed E-state index contributed by atoms with van der Waals surface area (Å²) in [6, 6.07) is 1.66. The zero-order valence-electron chi connectivity index (χ0n) is 5.63. The second-order valence-electron chi connectivity index (χ2n) is 3.02. The van der Waals surface area contributed by atoms with Gasteiger partial charge >= 0.3 is 0 Å². The van der Waals surface area contributed by atoms with Crippen LogP contribution in [0.15, 0.2) is 0 Å². The van der Waals surface area contributed by atoms with Gasteiger partial charge in [-0.2, -0.15) is 0 Å². The monoisotopic (exact) mass is 148 g/mol. The van der Waals surface area contributed by atoms with Gasteiger partial charge in [0, 0.05) is 25.2 Å². The molecule has 3 aliphatic heterocycles. The molecule has 3 fully saturated rings. The molecule has 3 saturated heterocycles. The van der Waals surface area contributed by atoms with Crippen LogP contribution in [0.4, 0.5) is 0 Å². The summed E-state index contributed by atoms with van der Waals surface area (Å²) in [6.45, 7) is 2.52. The molecule has 1 N–H and O–H groups in total. The third-order valence-electron chi connectivity index (χ3n) is 2.10. The van der Waals surface area contributed by atoms with Gasteiger partial charge in [-0.3, -0.25) is 0 Å². The van der Waals surface area contributed by atoms with Gasteiger partial charge in [0.1, 0.15) is 0 Å². The van der Waals surface area contributed by atoms with E-state index in [0.29, 0.717) is 0 Å². The number of nitrogens with one attached hydrogen (secondary N) is 1. The highest BCUT2D eigenvalue weighted by Gasteiger charge is 2.34. The minimum Gasteiger partial charge on any atom is -0.309 e. The fourth-order valence-electron chi connectivity index (χ4n) is 1.73. The number of halogens is 1. The highest BCUT2D eigenvalue weighted by molar-refractivity contribution is 5.85. The lowest BCUT2D eigenvalue weighted by atomic mass is 9.92. The van der Waals surface area contributed by atoms with Crippen LogP contribution in [-0.4, -0.2) is 37.1 Å². The van der Waals surface area contributed by atoms with Gasteiger partial charge in [0.05, 0.1) is 0 Å². The van der Waals surface area contributed by atoms with Crippen LogP contribution >= 0.6 is 12.4 Å². The van der Waals surface area contributed by atoms with Crippen molar-refractivity contribution in [3.05, 3.63) is 0 Å². The SMILES string of the molecule is CN1CC2CC(C1)N2.Cl. The quantitative estimate of drug-likeness (QED) is 0.524. The van der Waals surface area contributed by atoms with Gasteiger partial charge in [0.25, 0.3) is 0 Å². The molecule has 0 radical (unpaired) electrons. The van der Waals surface area contributed by atoms with E-state index in [0.717, 1.165) is 12.1 Å². The van der Waals surface area contributed by atoms with Crippen LogP contribution in [0.25, 0.3) is 0 Å². The number of hydrogen-bond acceptors (Lipinski definition) is 2. The van der Waals surface area contributed by atoms with E-state index in [4.69, 9.17) is 0 Å². The molecule has 0 saturated carbocycles. The summed E-state index contributed by atoms with van der Waals surface area (Å²) < 4.78 is 0. The fraction of sp³-hybridized carbons (Fsp3) is 1.00. The van der Waals surface area contributed by atoms with Crippen LogP contribution in [0, 0.1) is 0 Å². The number of nitrogens with zero attached hydrogens (tertiary/aromatic N) is 1. The van der Waals surface area contributed by atoms with Gasteiger partial charge in [-0.25, -0.2) is 0 Å². The average molecular weight is 149 g/mol. The summed E-state index contributed by atoms with van der Waals surface area (Å²) in [5.41, 5.74) is 0. The predicted molar refractivity (Wildman–Crippen MR) is 40.1 cm³/mol. The van der Waals surface area contributed by atoms with E-state index in [2.05, 4.69) is 17.3 Å². The molecule has 0 aliphatic carbocycles. The first-order chi connectivity index (χ1) is 3.84. The maximum atomic E-state index is 3.47. The summed E-state index contributed by atoms with van der Waals surface area (Å²) >= 11 is 0.